The van der Waals surface area contributed by atoms with Gasteiger partial charge in [-0.1, -0.05) is 12.1 Å². The third-order valence-corrected chi connectivity index (χ3v) is 6.49. The fourth-order valence-corrected chi connectivity index (χ4v) is 4.70. The molecule has 2 fully saturated rings. The summed E-state index contributed by atoms with van der Waals surface area (Å²) in [4.78, 5) is 12.0. The molecule has 4 rings (SSSR count). The number of likely N-dealkylation sites (tertiary alicyclic amines) is 1. The van der Waals surface area contributed by atoms with Gasteiger partial charge in [0.1, 0.15) is 0 Å². The average Bonchev–Trinajstić information content (AvgIpc) is 3.07. The summed E-state index contributed by atoms with van der Waals surface area (Å²) in [6, 6.07) is 8.52. The lowest BCUT2D eigenvalue weighted by molar-refractivity contribution is 0.116. The Hall–Kier alpha value is -1.53. The number of fused-ring (bicyclic) bond motifs is 1. The van der Waals surface area contributed by atoms with Crippen molar-refractivity contribution in [2.45, 2.75) is 13.5 Å². The van der Waals surface area contributed by atoms with Gasteiger partial charge in [0.05, 0.1) is 5.52 Å². The Morgan fingerprint density at radius 1 is 1.04 bits per heavy atom. The number of aliphatic hydroxyl groups is 1. The minimum absolute atomic E-state index is 0.297. The predicted octanol–water partition coefficient (Wildman–Crippen LogP) is 1.83. The van der Waals surface area contributed by atoms with Crippen molar-refractivity contribution in [2.24, 2.45) is 11.8 Å². The molecule has 146 valence electrons. The van der Waals surface area contributed by atoms with Crippen LogP contribution in [0, 0.1) is 18.8 Å². The molecule has 1 aromatic carbocycles. The fourth-order valence-electron chi connectivity index (χ4n) is 4.70. The van der Waals surface area contributed by atoms with Crippen LogP contribution in [-0.4, -0.2) is 84.3 Å². The lowest BCUT2D eigenvalue weighted by Gasteiger charge is -2.34. The molecule has 0 radical (unpaired) electrons. The van der Waals surface area contributed by atoms with E-state index in [1.165, 1.54) is 16.5 Å². The van der Waals surface area contributed by atoms with Crippen molar-refractivity contribution in [3.8, 4) is 0 Å². The first kappa shape index (κ1) is 18.8. The average molecular weight is 369 g/mol. The standard InChI is InChI=1S/C22H32N4O/c1-17-5-6-22-20(4-3-7-23-22)21(17)15-26-13-18(19(14-26)16-27)12-25-10-8-24(2)9-11-25/h3-7,18-19,27H,8-16H2,1-2H3/t18-,19-/m1/s1. The van der Waals surface area contributed by atoms with E-state index in [4.69, 9.17) is 0 Å². The van der Waals surface area contributed by atoms with Crippen molar-refractivity contribution in [2.75, 3.05) is 59.5 Å². The monoisotopic (exact) mass is 368 g/mol. The fraction of sp³-hybridized carbons (Fsp3) is 0.591. The lowest BCUT2D eigenvalue weighted by Crippen LogP contribution is -2.47. The number of rotatable bonds is 5. The highest BCUT2D eigenvalue weighted by atomic mass is 16.3. The van der Waals surface area contributed by atoms with E-state index in [1.807, 2.05) is 12.3 Å². The first-order valence-corrected chi connectivity index (χ1v) is 10.2. The van der Waals surface area contributed by atoms with Gasteiger partial charge in [0.2, 0.25) is 0 Å². The van der Waals surface area contributed by atoms with E-state index in [9.17, 15) is 5.11 Å². The molecule has 27 heavy (non-hydrogen) atoms. The maximum absolute atomic E-state index is 9.95. The first-order valence-electron chi connectivity index (χ1n) is 10.2. The summed E-state index contributed by atoms with van der Waals surface area (Å²) in [5.41, 5.74) is 3.79. The van der Waals surface area contributed by atoms with E-state index in [0.717, 1.165) is 57.9 Å². The maximum atomic E-state index is 9.95. The van der Waals surface area contributed by atoms with Crippen molar-refractivity contribution < 1.29 is 5.11 Å². The smallest absolute Gasteiger partial charge is 0.0705 e. The van der Waals surface area contributed by atoms with Crippen LogP contribution in [-0.2, 0) is 6.54 Å². The van der Waals surface area contributed by atoms with Crippen molar-refractivity contribution in [3.63, 3.8) is 0 Å². The zero-order chi connectivity index (χ0) is 18.8. The van der Waals surface area contributed by atoms with Crippen molar-refractivity contribution >= 4 is 10.9 Å². The highest BCUT2D eigenvalue weighted by Crippen LogP contribution is 2.29. The Morgan fingerprint density at radius 3 is 2.59 bits per heavy atom. The summed E-state index contributed by atoms with van der Waals surface area (Å²) in [5, 5.41) is 11.2. The zero-order valence-corrected chi connectivity index (χ0v) is 16.6. The molecular formula is C22H32N4O. The van der Waals surface area contributed by atoms with Crippen LogP contribution < -0.4 is 0 Å². The molecule has 2 atom stereocenters. The van der Waals surface area contributed by atoms with Crippen LogP contribution in [0.25, 0.3) is 10.9 Å². The van der Waals surface area contributed by atoms with Gasteiger partial charge < -0.3 is 14.9 Å². The van der Waals surface area contributed by atoms with Crippen LogP contribution in [0.2, 0.25) is 0 Å². The second-order valence-electron chi connectivity index (χ2n) is 8.43. The van der Waals surface area contributed by atoms with Gasteiger partial charge in [-0.25, -0.2) is 0 Å². The maximum Gasteiger partial charge on any atom is 0.0705 e. The molecule has 1 aromatic heterocycles. The van der Waals surface area contributed by atoms with Gasteiger partial charge in [-0.3, -0.25) is 9.88 Å². The highest BCUT2D eigenvalue weighted by molar-refractivity contribution is 5.83. The third kappa shape index (κ3) is 4.16. The lowest BCUT2D eigenvalue weighted by atomic mass is 9.96. The van der Waals surface area contributed by atoms with E-state index >= 15 is 0 Å². The number of aromatic nitrogens is 1. The van der Waals surface area contributed by atoms with E-state index in [0.29, 0.717) is 18.4 Å². The number of piperazine rings is 1. The van der Waals surface area contributed by atoms with Crippen molar-refractivity contribution in [3.05, 3.63) is 41.6 Å². The number of benzene rings is 1. The molecule has 2 aromatic rings. The minimum atomic E-state index is 0.297. The van der Waals surface area contributed by atoms with Crippen LogP contribution in [0.1, 0.15) is 11.1 Å². The zero-order valence-electron chi connectivity index (χ0n) is 16.6. The minimum Gasteiger partial charge on any atom is -0.396 e. The molecule has 5 nitrogen and oxygen atoms in total. The van der Waals surface area contributed by atoms with E-state index in [-0.39, 0.29) is 0 Å². The van der Waals surface area contributed by atoms with Crippen LogP contribution in [0.15, 0.2) is 30.5 Å². The van der Waals surface area contributed by atoms with Crippen molar-refractivity contribution in [1.29, 1.82) is 0 Å². The Morgan fingerprint density at radius 2 is 1.81 bits per heavy atom. The van der Waals surface area contributed by atoms with Gasteiger partial charge in [-0.2, -0.15) is 0 Å². The summed E-state index contributed by atoms with van der Waals surface area (Å²) in [6.45, 7) is 11.2. The van der Waals surface area contributed by atoms with Gasteiger partial charge in [-0.05, 0) is 49.1 Å². The van der Waals surface area contributed by atoms with E-state index in [1.54, 1.807) is 0 Å². The second-order valence-corrected chi connectivity index (χ2v) is 8.43. The molecule has 0 unspecified atom stereocenters. The summed E-state index contributed by atoms with van der Waals surface area (Å²) in [6.07, 6.45) is 1.87. The number of nitrogens with zero attached hydrogens (tertiary/aromatic N) is 4. The van der Waals surface area contributed by atoms with Crippen LogP contribution in [0.5, 0.6) is 0 Å². The number of likely N-dealkylation sites (N-methyl/N-ethyl adjacent to an activating group) is 1. The Bertz CT molecular complexity index is 772. The molecule has 0 spiro atoms. The molecule has 0 amide bonds. The predicted molar refractivity (Wildman–Crippen MR) is 110 cm³/mol. The third-order valence-electron chi connectivity index (χ3n) is 6.49. The van der Waals surface area contributed by atoms with E-state index in [2.05, 4.69) is 51.9 Å². The molecule has 0 saturated carbocycles. The molecule has 2 saturated heterocycles. The summed E-state index contributed by atoms with van der Waals surface area (Å²) >= 11 is 0. The Kier molecular flexibility index (Phi) is 5.74. The van der Waals surface area contributed by atoms with Crippen LogP contribution in [0.4, 0.5) is 0 Å². The van der Waals surface area contributed by atoms with Gasteiger partial charge in [0.15, 0.2) is 0 Å². The van der Waals surface area contributed by atoms with Gasteiger partial charge in [-0.15, -0.1) is 0 Å². The van der Waals surface area contributed by atoms with Crippen LogP contribution >= 0.6 is 0 Å². The number of pyridine rings is 1. The quantitative estimate of drug-likeness (QED) is 0.872. The normalized spacial score (nSPS) is 25.4. The molecule has 0 aliphatic carbocycles. The summed E-state index contributed by atoms with van der Waals surface area (Å²) in [7, 11) is 2.20. The van der Waals surface area contributed by atoms with Gasteiger partial charge in [0, 0.05) is 70.5 Å². The van der Waals surface area contributed by atoms with Crippen molar-refractivity contribution in [1.82, 2.24) is 19.7 Å². The first-order chi connectivity index (χ1) is 13.1. The largest absolute Gasteiger partial charge is 0.396 e. The van der Waals surface area contributed by atoms with Crippen LogP contribution in [0.3, 0.4) is 0 Å². The van der Waals surface area contributed by atoms with Gasteiger partial charge in [0.25, 0.3) is 0 Å². The summed E-state index contributed by atoms with van der Waals surface area (Å²) in [5.74, 6) is 0.949. The summed E-state index contributed by atoms with van der Waals surface area (Å²) < 4.78 is 0. The Balaban J connectivity index is 1.45. The molecule has 2 aliphatic heterocycles. The SMILES string of the molecule is Cc1ccc2ncccc2c1CN1C[C@@H](CN2CCN(C)CC2)[C@@H](CO)C1. The number of hydrogen-bond acceptors (Lipinski definition) is 5. The molecule has 3 heterocycles. The molecule has 1 N–H and O–H groups in total. The number of hydrogen-bond donors (Lipinski definition) is 1. The molecule has 5 heteroatoms. The second kappa shape index (κ2) is 8.23. The number of aryl methyl sites for hydroxylation is 1. The molecular weight excluding hydrogens is 336 g/mol. The molecule has 2 aliphatic rings. The number of aliphatic hydroxyl groups excluding tert-OH is 1. The van der Waals surface area contributed by atoms with Gasteiger partial charge >= 0.3 is 0 Å². The topological polar surface area (TPSA) is 42.8 Å². The Labute approximate surface area is 162 Å². The van der Waals surface area contributed by atoms with E-state index < -0.39 is 0 Å². The highest BCUT2D eigenvalue weighted by Gasteiger charge is 2.34. The molecule has 0 bridgehead atoms.